The van der Waals surface area contributed by atoms with Crippen LogP contribution in [-0.2, 0) is 6.54 Å². The average molecular weight is 441 g/mol. The van der Waals surface area contributed by atoms with Gasteiger partial charge in [0.05, 0.1) is 5.56 Å². The molecule has 0 saturated carbocycles. The number of nitrogens with two attached hydrogens (primary N) is 1. The molecule has 164 valence electrons. The summed E-state index contributed by atoms with van der Waals surface area (Å²) in [5, 5.41) is 2.82. The summed E-state index contributed by atoms with van der Waals surface area (Å²) in [6.07, 6.45) is 3.18. The van der Waals surface area contributed by atoms with E-state index in [0.29, 0.717) is 22.4 Å². The van der Waals surface area contributed by atoms with Crippen LogP contribution in [0, 0.1) is 5.82 Å². The normalized spacial score (nSPS) is 10.5. The van der Waals surface area contributed by atoms with Crippen molar-refractivity contribution < 1.29 is 18.7 Å². The topological polar surface area (TPSA) is 94.3 Å². The van der Waals surface area contributed by atoms with E-state index in [1.807, 2.05) is 0 Å². The van der Waals surface area contributed by atoms with Crippen molar-refractivity contribution in [2.75, 3.05) is 5.32 Å². The Bertz CT molecular complexity index is 1310. The largest absolute Gasteiger partial charge is 0.420 e. The maximum absolute atomic E-state index is 13.9. The molecule has 1 heterocycles. The molecule has 33 heavy (non-hydrogen) atoms. The molecule has 0 unspecified atom stereocenters. The van der Waals surface area contributed by atoms with Gasteiger partial charge in [0.15, 0.2) is 11.6 Å². The smallest absolute Gasteiger partial charge is 0.343 e. The minimum absolute atomic E-state index is 0.148. The summed E-state index contributed by atoms with van der Waals surface area (Å²) in [6, 6.07) is 21.0. The fourth-order valence-electron chi connectivity index (χ4n) is 3.30. The van der Waals surface area contributed by atoms with E-state index in [4.69, 9.17) is 10.5 Å². The summed E-state index contributed by atoms with van der Waals surface area (Å²) in [5.41, 5.74) is 9.39. The van der Waals surface area contributed by atoms with Crippen molar-refractivity contribution in [1.29, 1.82) is 0 Å². The number of amides is 1. The molecule has 0 saturated heterocycles. The Hall–Kier alpha value is -4.36. The van der Waals surface area contributed by atoms with Crippen LogP contribution in [0.2, 0.25) is 0 Å². The molecular weight excluding hydrogens is 421 g/mol. The number of hydrogen-bond donors (Lipinski definition) is 2. The maximum Gasteiger partial charge on any atom is 0.343 e. The van der Waals surface area contributed by atoms with E-state index in [1.165, 1.54) is 18.2 Å². The van der Waals surface area contributed by atoms with E-state index in [2.05, 4.69) is 10.3 Å². The average Bonchev–Trinajstić information content (AvgIpc) is 2.85. The van der Waals surface area contributed by atoms with Crippen LogP contribution in [0.5, 0.6) is 5.75 Å². The first-order chi connectivity index (χ1) is 16.0. The lowest BCUT2D eigenvalue weighted by atomic mass is 9.95. The number of anilines is 1. The van der Waals surface area contributed by atoms with Gasteiger partial charge in [-0.15, -0.1) is 0 Å². The number of nitrogens with zero attached hydrogens (tertiary/aromatic N) is 1. The summed E-state index contributed by atoms with van der Waals surface area (Å²) in [4.78, 5) is 29.3. The van der Waals surface area contributed by atoms with Gasteiger partial charge in [-0.05, 0) is 65.2 Å². The first-order valence-corrected chi connectivity index (χ1v) is 10.2. The molecule has 0 aliphatic carbocycles. The number of esters is 1. The van der Waals surface area contributed by atoms with Crippen LogP contribution in [-0.4, -0.2) is 16.9 Å². The van der Waals surface area contributed by atoms with Gasteiger partial charge in [0.2, 0.25) is 0 Å². The molecule has 3 N–H and O–H groups in total. The molecule has 7 heteroatoms. The molecule has 0 aliphatic rings. The molecule has 0 radical (unpaired) electrons. The zero-order chi connectivity index (χ0) is 23.2. The molecular formula is C26H20FN3O3. The standard InChI is InChI=1S/C26H20FN3O3/c27-23-6-1-2-7-24(23)33-26(32)19-5-3-4-17(14-19)22-15-18(8-9-20(22)16-28)25(31)30-21-10-12-29-13-11-21/h1-15H,16,28H2,(H,29,30,31). The van der Waals surface area contributed by atoms with Gasteiger partial charge < -0.3 is 15.8 Å². The first-order valence-electron chi connectivity index (χ1n) is 10.2. The summed E-state index contributed by atoms with van der Waals surface area (Å²) in [6.45, 7) is 0.242. The number of benzene rings is 3. The predicted molar refractivity (Wildman–Crippen MR) is 123 cm³/mol. The Balaban J connectivity index is 1.63. The van der Waals surface area contributed by atoms with Gasteiger partial charge >= 0.3 is 5.97 Å². The predicted octanol–water partition coefficient (Wildman–Crippen LogP) is 4.82. The first kappa shape index (κ1) is 21.9. The fraction of sp³-hybridized carbons (Fsp3) is 0.0385. The lowest BCUT2D eigenvalue weighted by Gasteiger charge is -2.12. The van der Waals surface area contributed by atoms with Gasteiger partial charge in [0.1, 0.15) is 0 Å². The van der Waals surface area contributed by atoms with Crippen molar-refractivity contribution in [2.24, 2.45) is 5.73 Å². The molecule has 0 bridgehead atoms. The second-order valence-corrected chi connectivity index (χ2v) is 7.17. The number of ether oxygens (including phenoxy) is 1. The third kappa shape index (κ3) is 5.11. The number of aromatic nitrogens is 1. The number of nitrogens with one attached hydrogen (secondary N) is 1. The number of halogens is 1. The minimum atomic E-state index is -0.692. The second kappa shape index (κ2) is 9.84. The lowest BCUT2D eigenvalue weighted by molar-refractivity contribution is 0.0727. The van der Waals surface area contributed by atoms with Crippen molar-refractivity contribution in [2.45, 2.75) is 6.54 Å². The number of pyridine rings is 1. The van der Waals surface area contributed by atoms with Crippen molar-refractivity contribution in [3.63, 3.8) is 0 Å². The molecule has 3 aromatic carbocycles. The van der Waals surface area contributed by atoms with Gasteiger partial charge in [0.25, 0.3) is 5.91 Å². The van der Waals surface area contributed by atoms with Crippen molar-refractivity contribution >= 4 is 17.6 Å². The van der Waals surface area contributed by atoms with Crippen molar-refractivity contribution in [3.8, 4) is 16.9 Å². The van der Waals surface area contributed by atoms with Gasteiger partial charge in [0, 0.05) is 30.2 Å². The summed E-state index contributed by atoms with van der Waals surface area (Å²) in [7, 11) is 0. The highest BCUT2D eigenvalue weighted by molar-refractivity contribution is 6.05. The second-order valence-electron chi connectivity index (χ2n) is 7.17. The van der Waals surface area contributed by atoms with Crippen LogP contribution in [0.1, 0.15) is 26.3 Å². The highest BCUT2D eigenvalue weighted by atomic mass is 19.1. The zero-order valence-electron chi connectivity index (χ0n) is 17.5. The van der Waals surface area contributed by atoms with E-state index >= 15 is 0 Å². The lowest BCUT2D eigenvalue weighted by Crippen LogP contribution is -2.13. The Morgan fingerprint density at radius 1 is 0.909 bits per heavy atom. The Morgan fingerprint density at radius 3 is 2.45 bits per heavy atom. The minimum Gasteiger partial charge on any atom is -0.420 e. The van der Waals surface area contributed by atoms with Crippen LogP contribution in [0.25, 0.3) is 11.1 Å². The van der Waals surface area contributed by atoms with Crippen LogP contribution >= 0.6 is 0 Å². The number of hydrogen-bond acceptors (Lipinski definition) is 5. The molecule has 0 spiro atoms. The fourth-order valence-corrected chi connectivity index (χ4v) is 3.30. The number of rotatable bonds is 6. The summed E-state index contributed by atoms with van der Waals surface area (Å²) in [5.74, 6) is -1.75. The van der Waals surface area contributed by atoms with Crippen molar-refractivity contribution in [1.82, 2.24) is 4.98 Å². The van der Waals surface area contributed by atoms with E-state index in [1.54, 1.807) is 73.1 Å². The molecule has 0 aliphatic heterocycles. The van der Waals surface area contributed by atoms with Gasteiger partial charge in [-0.1, -0.05) is 30.3 Å². The number of carbonyl (C=O) groups excluding carboxylic acids is 2. The molecule has 4 aromatic rings. The van der Waals surface area contributed by atoms with Gasteiger partial charge in [-0.3, -0.25) is 9.78 Å². The quantitative estimate of drug-likeness (QED) is 0.331. The van der Waals surface area contributed by atoms with Crippen molar-refractivity contribution in [3.05, 3.63) is 114 Å². The highest BCUT2D eigenvalue weighted by Crippen LogP contribution is 2.27. The Labute approximate surface area is 189 Å². The third-order valence-corrected chi connectivity index (χ3v) is 4.98. The van der Waals surface area contributed by atoms with Gasteiger partial charge in [-0.2, -0.15) is 0 Å². The van der Waals surface area contributed by atoms with E-state index in [9.17, 15) is 14.0 Å². The molecule has 6 nitrogen and oxygen atoms in total. The van der Waals surface area contributed by atoms with E-state index in [0.717, 1.165) is 5.56 Å². The van der Waals surface area contributed by atoms with Crippen LogP contribution in [0.3, 0.4) is 0 Å². The van der Waals surface area contributed by atoms with Crippen LogP contribution in [0.4, 0.5) is 10.1 Å². The third-order valence-electron chi connectivity index (χ3n) is 4.98. The summed E-state index contributed by atoms with van der Waals surface area (Å²) >= 11 is 0. The molecule has 0 fully saturated rings. The van der Waals surface area contributed by atoms with Gasteiger partial charge in [-0.25, -0.2) is 9.18 Å². The number of para-hydroxylation sites is 1. The summed E-state index contributed by atoms with van der Waals surface area (Å²) < 4.78 is 19.1. The van der Waals surface area contributed by atoms with Crippen LogP contribution in [0.15, 0.2) is 91.3 Å². The number of carbonyl (C=O) groups is 2. The zero-order valence-corrected chi connectivity index (χ0v) is 17.5. The monoisotopic (exact) mass is 441 g/mol. The highest BCUT2D eigenvalue weighted by Gasteiger charge is 2.15. The van der Waals surface area contributed by atoms with E-state index in [-0.39, 0.29) is 23.8 Å². The van der Waals surface area contributed by atoms with E-state index < -0.39 is 11.8 Å². The molecule has 1 aromatic heterocycles. The molecule has 0 atom stereocenters. The Morgan fingerprint density at radius 2 is 1.70 bits per heavy atom. The maximum atomic E-state index is 13.9. The SMILES string of the molecule is NCc1ccc(C(=O)Nc2ccncc2)cc1-c1cccc(C(=O)Oc2ccccc2F)c1. The molecule has 1 amide bonds. The molecule has 4 rings (SSSR count). The Kier molecular flexibility index (Phi) is 6.52. The van der Waals surface area contributed by atoms with Crippen LogP contribution < -0.4 is 15.8 Å².